The predicted molar refractivity (Wildman–Crippen MR) is 109 cm³/mol. The van der Waals surface area contributed by atoms with E-state index in [4.69, 9.17) is 13.9 Å². The fourth-order valence-corrected chi connectivity index (χ4v) is 3.22. The van der Waals surface area contributed by atoms with Crippen LogP contribution in [0.15, 0.2) is 51.7 Å². The maximum Gasteiger partial charge on any atom is 0.340 e. The van der Waals surface area contributed by atoms with Crippen LogP contribution in [-0.2, 0) is 16.0 Å². The molecular formula is C23H22O6. The van der Waals surface area contributed by atoms with Crippen molar-refractivity contribution in [3.8, 4) is 11.5 Å². The Morgan fingerprint density at radius 3 is 2.41 bits per heavy atom. The highest BCUT2D eigenvalue weighted by atomic mass is 16.5. The van der Waals surface area contributed by atoms with E-state index >= 15 is 0 Å². The molecule has 1 aromatic heterocycles. The lowest BCUT2D eigenvalue weighted by Gasteiger charge is -2.13. The monoisotopic (exact) mass is 394 g/mol. The molecule has 6 heteroatoms. The maximum atomic E-state index is 12.6. The minimum atomic E-state index is -0.774. The Labute approximate surface area is 168 Å². The third kappa shape index (κ3) is 4.37. The van der Waals surface area contributed by atoms with Crippen molar-refractivity contribution in [1.82, 2.24) is 0 Å². The molecule has 29 heavy (non-hydrogen) atoms. The van der Waals surface area contributed by atoms with Crippen LogP contribution in [0.3, 0.4) is 0 Å². The molecular weight excluding hydrogens is 372 g/mol. The summed E-state index contributed by atoms with van der Waals surface area (Å²) in [6.45, 7) is 1.56. The Balaban J connectivity index is 2.03. The largest absolute Gasteiger partial charge is 0.496 e. The van der Waals surface area contributed by atoms with Gasteiger partial charge < -0.3 is 23.5 Å². The number of ketones is 1. The van der Waals surface area contributed by atoms with Gasteiger partial charge in [0, 0.05) is 18.6 Å². The number of carbonyl (C=O) groups is 2. The second-order valence-electron chi connectivity index (χ2n) is 6.79. The Bertz CT molecular complexity index is 1090. The van der Waals surface area contributed by atoms with Gasteiger partial charge in [0.2, 0.25) is 0 Å². The zero-order chi connectivity index (χ0) is 21.0. The summed E-state index contributed by atoms with van der Waals surface area (Å²) in [5, 5.41) is 0.577. The molecule has 0 amide bonds. The van der Waals surface area contributed by atoms with Crippen molar-refractivity contribution < 1.29 is 23.5 Å². The molecule has 150 valence electrons. The van der Waals surface area contributed by atoms with Crippen LogP contribution in [0.2, 0.25) is 0 Å². The van der Waals surface area contributed by atoms with E-state index in [0.29, 0.717) is 40.9 Å². The lowest BCUT2D eigenvalue weighted by atomic mass is 9.92. The molecule has 6 nitrogen and oxygen atoms in total. The lowest BCUT2D eigenvalue weighted by Crippen LogP contribution is -2.15. The fraction of sp³-hybridized carbons (Fsp3) is 0.261. The van der Waals surface area contributed by atoms with E-state index in [1.54, 1.807) is 37.3 Å². The maximum absolute atomic E-state index is 12.6. The molecule has 0 radical (unpaired) electrons. The molecule has 2 aromatic carbocycles. The van der Waals surface area contributed by atoms with Crippen LogP contribution in [0.25, 0.3) is 11.0 Å². The first-order valence-corrected chi connectivity index (χ1v) is 9.20. The first kappa shape index (κ1) is 20.3. The first-order valence-electron chi connectivity index (χ1n) is 9.20. The topological polar surface area (TPSA) is 82.8 Å². The van der Waals surface area contributed by atoms with Crippen LogP contribution >= 0.6 is 0 Å². The van der Waals surface area contributed by atoms with Crippen LogP contribution in [0.5, 0.6) is 11.5 Å². The Morgan fingerprint density at radius 1 is 1.10 bits per heavy atom. The van der Waals surface area contributed by atoms with E-state index in [9.17, 15) is 14.4 Å². The quantitative estimate of drug-likeness (QED) is 0.428. The van der Waals surface area contributed by atoms with Gasteiger partial charge in [-0.3, -0.25) is 0 Å². The van der Waals surface area contributed by atoms with Crippen LogP contribution in [-0.4, -0.2) is 26.3 Å². The van der Waals surface area contributed by atoms with E-state index in [0.717, 1.165) is 11.8 Å². The average molecular weight is 394 g/mol. The molecule has 0 bridgehead atoms. The van der Waals surface area contributed by atoms with Crippen molar-refractivity contribution >= 4 is 23.0 Å². The average Bonchev–Trinajstić information content (AvgIpc) is 2.73. The van der Waals surface area contributed by atoms with Crippen molar-refractivity contribution in [2.24, 2.45) is 0 Å². The van der Waals surface area contributed by atoms with Crippen LogP contribution in [0.4, 0.5) is 0 Å². The number of hydrogen-bond donors (Lipinski definition) is 0. The highest BCUT2D eigenvalue weighted by molar-refractivity contribution is 5.86. The van der Waals surface area contributed by atoms with Crippen LogP contribution in [0, 0.1) is 0 Å². The summed E-state index contributed by atoms with van der Waals surface area (Å²) < 4.78 is 16.0. The van der Waals surface area contributed by atoms with Gasteiger partial charge in [-0.1, -0.05) is 24.3 Å². The molecule has 0 aliphatic carbocycles. The molecule has 3 rings (SSSR count). The van der Waals surface area contributed by atoms with Crippen LogP contribution < -0.4 is 15.1 Å². The Kier molecular flexibility index (Phi) is 6.12. The summed E-state index contributed by atoms with van der Waals surface area (Å²) >= 11 is 0. The van der Waals surface area contributed by atoms with Gasteiger partial charge in [-0.2, -0.15) is 0 Å². The van der Waals surface area contributed by atoms with Gasteiger partial charge in [0.15, 0.2) is 0 Å². The molecule has 1 heterocycles. The third-order valence-electron chi connectivity index (χ3n) is 4.85. The zero-order valence-corrected chi connectivity index (χ0v) is 16.6. The van der Waals surface area contributed by atoms with E-state index in [1.165, 1.54) is 14.2 Å². The first-order chi connectivity index (χ1) is 14.0. The van der Waals surface area contributed by atoms with E-state index in [1.807, 2.05) is 12.1 Å². The molecule has 1 unspecified atom stereocenters. The molecule has 0 saturated heterocycles. The van der Waals surface area contributed by atoms with Crippen LogP contribution in [0.1, 0.15) is 36.0 Å². The number of ether oxygens (including phenoxy) is 2. The van der Waals surface area contributed by atoms with Crippen molar-refractivity contribution in [1.29, 1.82) is 0 Å². The van der Waals surface area contributed by atoms with Crippen molar-refractivity contribution in [2.45, 2.75) is 25.7 Å². The number of Topliss-reactive ketones (excluding diaryl/α,β-unsaturated/α-hetero) is 1. The molecule has 0 saturated carbocycles. The minimum absolute atomic E-state index is 0.124. The number of benzene rings is 2. The van der Waals surface area contributed by atoms with Crippen molar-refractivity contribution in [2.75, 3.05) is 14.2 Å². The highest BCUT2D eigenvalue weighted by Gasteiger charge is 2.20. The highest BCUT2D eigenvalue weighted by Crippen LogP contribution is 2.33. The fourth-order valence-electron chi connectivity index (χ4n) is 3.22. The number of hydrogen-bond acceptors (Lipinski definition) is 6. The Morgan fingerprint density at radius 2 is 1.83 bits per heavy atom. The molecule has 0 aliphatic heterocycles. The number of aldehydes is 1. The van der Waals surface area contributed by atoms with E-state index in [-0.39, 0.29) is 11.3 Å². The second-order valence-corrected chi connectivity index (χ2v) is 6.79. The number of methoxy groups -OCH3 is 2. The number of aryl methyl sites for hydroxylation is 1. The molecule has 0 fully saturated rings. The molecule has 1 atom stereocenters. The third-order valence-corrected chi connectivity index (χ3v) is 4.85. The van der Waals surface area contributed by atoms with Gasteiger partial charge in [-0.15, -0.1) is 0 Å². The smallest absolute Gasteiger partial charge is 0.340 e. The van der Waals surface area contributed by atoms with Gasteiger partial charge in [0.05, 0.1) is 31.1 Å². The van der Waals surface area contributed by atoms with Gasteiger partial charge >= 0.3 is 5.63 Å². The van der Waals surface area contributed by atoms with Gasteiger partial charge in [0.1, 0.15) is 29.2 Å². The summed E-state index contributed by atoms with van der Waals surface area (Å²) in [5.41, 5.74) is 1.62. The lowest BCUT2D eigenvalue weighted by molar-refractivity contribution is -0.117. The van der Waals surface area contributed by atoms with Gasteiger partial charge in [-0.25, -0.2) is 4.79 Å². The Hall–Kier alpha value is -3.41. The molecule has 3 aromatic rings. The van der Waals surface area contributed by atoms with Gasteiger partial charge in [0.25, 0.3) is 0 Å². The van der Waals surface area contributed by atoms with E-state index in [2.05, 4.69) is 0 Å². The SMILES string of the molecule is COc1cc(OC)c2cc(C(C=O)c3ccc(CCC(C)=O)cc3)c(=O)oc2c1. The van der Waals surface area contributed by atoms with Gasteiger partial charge in [-0.05, 0) is 30.5 Å². The second kappa shape index (κ2) is 8.73. The molecule has 0 aliphatic rings. The normalized spacial score (nSPS) is 11.8. The number of fused-ring (bicyclic) bond motifs is 1. The predicted octanol–water partition coefficient (Wildman–Crippen LogP) is 3.66. The van der Waals surface area contributed by atoms with E-state index < -0.39 is 11.5 Å². The number of carbonyl (C=O) groups excluding carboxylic acids is 2. The summed E-state index contributed by atoms with van der Waals surface area (Å²) in [7, 11) is 3.02. The summed E-state index contributed by atoms with van der Waals surface area (Å²) in [6.07, 6.45) is 1.82. The molecule has 0 N–H and O–H groups in total. The van der Waals surface area contributed by atoms with Crippen molar-refractivity contribution in [3.63, 3.8) is 0 Å². The standard InChI is InChI=1S/C23H22O6/c1-14(25)4-5-15-6-8-16(9-7-15)20(13-24)18-12-19-21(28-3)10-17(27-2)11-22(19)29-23(18)26/h6-13,20H,4-5H2,1-3H3. The summed E-state index contributed by atoms with van der Waals surface area (Å²) in [6, 6.07) is 12.2. The summed E-state index contributed by atoms with van der Waals surface area (Å²) in [5.74, 6) is 0.329. The zero-order valence-electron chi connectivity index (χ0n) is 16.6. The molecule has 0 spiro atoms. The summed E-state index contributed by atoms with van der Waals surface area (Å²) in [4.78, 5) is 35.6. The number of rotatable bonds is 8. The van der Waals surface area contributed by atoms with Crippen molar-refractivity contribution in [3.05, 3.63) is 69.6 Å². The minimum Gasteiger partial charge on any atom is -0.496 e.